The number of nitrogens with one attached hydrogen (secondary N) is 2. The second-order valence-corrected chi connectivity index (χ2v) is 5.46. The molecule has 22 heavy (non-hydrogen) atoms. The second-order valence-electron chi connectivity index (χ2n) is 4.54. The van der Waals surface area contributed by atoms with Crippen LogP contribution < -0.4 is 10.6 Å². The molecule has 0 spiro atoms. The standard InChI is InChI=1S/C15H17BrN4O2/c1-22-9-3-8-17-14-7-6-13(19-20-14)15(21)18-12-5-2-4-11(16)10-12/h2,4-7,10H,3,8-9H2,1H3,(H,17,20)(H,18,21). The normalized spacial score (nSPS) is 10.3. The molecule has 0 unspecified atom stereocenters. The number of hydrogen-bond donors (Lipinski definition) is 2. The van der Waals surface area contributed by atoms with Gasteiger partial charge >= 0.3 is 0 Å². The number of methoxy groups -OCH3 is 1. The van der Waals surface area contributed by atoms with E-state index in [1.165, 1.54) is 0 Å². The average Bonchev–Trinajstić information content (AvgIpc) is 2.52. The first-order valence-corrected chi connectivity index (χ1v) is 7.62. The Morgan fingerprint density at radius 3 is 2.82 bits per heavy atom. The number of benzene rings is 1. The van der Waals surface area contributed by atoms with E-state index in [-0.39, 0.29) is 11.6 Å². The van der Waals surface area contributed by atoms with Crippen molar-refractivity contribution < 1.29 is 9.53 Å². The molecular formula is C15H17BrN4O2. The van der Waals surface area contributed by atoms with Crippen molar-refractivity contribution in [2.75, 3.05) is 30.9 Å². The molecule has 1 aromatic heterocycles. The van der Waals surface area contributed by atoms with Crippen LogP contribution in [0.5, 0.6) is 0 Å². The number of anilines is 2. The lowest BCUT2D eigenvalue weighted by Gasteiger charge is -2.06. The molecule has 7 heteroatoms. The molecule has 0 bridgehead atoms. The number of aromatic nitrogens is 2. The van der Waals surface area contributed by atoms with Gasteiger partial charge < -0.3 is 15.4 Å². The molecule has 0 aliphatic carbocycles. The third kappa shape index (κ3) is 5.09. The first kappa shape index (κ1) is 16.4. The van der Waals surface area contributed by atoms with Crippen LogP contribution in [-0.4, -0.2) is 36.4 Å². The number of ether oxygens (including phenoxy) is 1. The highest BCUT2D eigenvalue weighted by Crippen LogP contribution is 2.16. The molecule has 0 radical (unpaired) electrons. The van der Waals surface area contributed by atoms with E-state index in [9.17, 15) is 4.79 Å². The van der Waals surface area contributed by atoms with E-state index in [4.69, 9.17) is 4.74 Å². The van der Waals surface area contributed by atoms with Crippen molar-refractivity contribution in [1.29, 1.82) is 0 Å². The molecule has 116 valence electrons. The van der Waals surface area contributed by atoms with Crippen molar-refractivity contribution in [3.8, 4) is 0 Å². The summed E-state index contributed by atoms with van der Waals surface area (Å²) in [5, 5.41) is 13.8. The number of halogens is 1. The summed E-state index contributed by atoms with van der Waals surface area (Å²) in [7, 11) is 1.67. The molecule has 0 saturated carbocycles. The smallest absolute Gasteiger partial charge is 0.276 e. The predicted octanol–water partition coefficient (Wildman–Crippen LogP) is 2.94. The Balaban J connectivity index is 1.90. The van der Waals surface area contributed by atoms with Gasteiger partial charge in [-0.15, -0.1) is 10.2 Å². The number of carbonyl (C=O) groups excluding carboxylic acids is 1. The van der Waals surface area contributed by atoms with Crippen LogP contribution in [-0.2, 0) is 4.74 Å². The molecule has 0 atom stereocenters. The summed E-state index contributed by atoms with van der Waals surface area (Å²) in [6.45, 7) is 1.43. The molecule has 2 aromatic rings. The average molecular weight is 365 g/mol. The summed E-state index contributed by atoms with van der Waals surface area (Å²) in [6.07, 6.45) is 0.878. The zero-order valence-electron chi connectivity index (χ0n) is 12.2. The molecule has 6 nitrogen and oxygen atoms in total. The lowest BCUT2D eigenvalue weighted by atomic mass is 10.3. The zero-order valence-corrected chi connectivity index (χ0v) is 13.8. The van der Waals surface area contributed by atoms with Gasteiger partial charge in [0.15, 0.2) is 5.69 Å². The van der Waals surface area contributed by atoms with Gasteiger partial charge in [0.1, 0.15) is 5.82 Å². The minimum atomic E-state index is -0.295. The van der Waals surface area contributed by atoms with Crippen LogP contribution in [0.25, 0.3) is 0 Å². The third-order valence-corrected chi connectivity index (χ3v) is 3.30. The van der Waals surface area contributed by atoms with E-state index in [1.54, 1.807) is 19.2 Å². The van der Waals surface area contributed by atoms with Crippen LogP contribution in [0.15, 0.2) is 40.9 Å². The van der Waals surface area contributed by atoms with Crippen LogP contribution in [0.4, 0.5) is 11.5 Å². The van der Waals surface area contributed by atoms with Crippen LogP contribution in [0, 0.1) is 0 Å². The maximum absolute atomic E-state index is 12.1. The van der Waals surface area contributed by atoms with E-state index < -0.39 is 0 Å². The summed E-state index contributed by atoms with van der Waals surface area (Å²) in [5.41, 5.74) is 0.963. The molecule has 1 heterocycles. The number of hydrogen-bond acceptors (Lipinski definition) is 5. The quantitative estimate of drug-likeness (QED) is 0.738. The van der Waals surface area contributed by atoms with Gasteiger partial charge in [-0.1, -0.05) is 22.0 Å². The van der Waals surface area contributed by atoms with Gasteiger partial charge in [0.05, 0.1) is 0 Å². The molecule has 1 amide bonds. The largest absolute Gasteiger partial charge is 0.385 e. The van der Waals surface area contributed by atoms with Crippen LogP contribution in [0.1, 0.15) is 16.9 Å². The predicted molar refractivity (Wildman–Crippen MR) is 89.1 cm³/mol. The lowest BCUT2D eigenvalue weighted by molar-refractivity contribution is 0.102. The minimum absolute atomic E-state index is 0.266. The van der Waals surface area contributed by atoms with Crippen molar-refractivity contribution in [1.82, 2.24) is 10.2 Å². The highest BCUT2D eigenvalue weighted by molar-refractivity contribution is 9.10. The molecule has 2 rings (SSSR count). The molecule has 0 aliphatic rings. The van der Waals surface area contributed by atoms with Gasteiger partial charge in [0.25, 0.3) is 5.91 Å². The second kappa shape index (κ2) is 8.45. The van der Waals surface area contributed by atoms with E-state index in [1.807, 2.05) is 24.3 Å². The molecule has 2 N–H and O–H groups in total. The molecular weight excluding hydrogens is 348 g/mol. The third-order valence-electron chi connectivity index (χ3n) is 2.81. The van der Waals surface area contributed by atoms with Gasteiger partial charge in [0, 0.05) is 30.4 Å². The molecule has 0 aliphatic heterocycles. The number of carbonyl (C=O) groups is 1. The topological polar surface area (TPSA) is 76.1 Å². The van der Waals surface area contributed by atoms with Crippen molar-refractivity contribution in [2.24, 2.45) is 0 Å². The van der Waals surface area contributed by atoms with Crippen molar-refractivity contribution in [3.05, 3.63) is 46.6 Å². The Bertz CT molecular complexity index is 619. The maximum atomic E-state index is 12.1. The molecule has 0 fully saturated rings. The molecule has 1 aromatic carbocycles. The number of nitrogens with zero attached hydrogens (tertiary/aromatic N) is 2. The fourth-order valence-electron chi connectivity index (χ4n) is 1.74. The summed E-state index contributed by atoms with van der Waals surface area (Å²) in [5.74, 6) is 0.339. The first-order chi connectivity index (χ1) is 10.7. The van der Waals surface area contributed by atoms with Crippen molar-refractivity contribution in [3.63, 3.8) is 0 Å². The van der Waals surface area contributed by atoms with Crippen LogP contribution >= 0.6 is 15.9 Å². The minimum Gasteiger partial charge on any atom is -0.385 e. The van der Waals surface area contributed by atoms with Crippen molar-refractivity contribution >= 4 is 33.3 Å². The highest BCUT2D eigenvalue weighted by Gasteiger charge is 2.08. The Morgan fingerprint density at radius 1 is 1.27 bits per heavy atom. The summed E-state index contributed by atoms with van der Waals surface area (Å²) < 4.78 is 5.86. The van der Waals surface area contributed by atoms with Gasteiger partial charge in [-0.25, -0.2) is 0 Å². The summed E-state index contributed by atoms with van der Waals surface area (Å²) in [4.78, 5) is 12.1. The fourth-order valence-corrected chi connectivity index (χ4v) is 2.14. The number of amides is 1. The summed E-state index contributed by atoms with van der Waals surface area (Å²) in [6, 6.07) is 10.7. The zero-order chi connectivity index (χ0) is 15.8. The fraction of sp³-hybridized carbons (Fsp3) is 0.267. The highest BCUT2D eigenvalue weighted by atomic mass is 79.9. The van der Waals surface area contributed by atoms with Crippen molar-refractivity contribution in [2.45, 2.75) is 6.42 Å². The van der Waals surface area contributed by atoms with E-state index in [0.29, 0.717) is 18.1 Å². The van der Waals surface area contributed by atoms with Gasteiger partial charge in [-0.3, -0.25) is 4.79 Å². The monoisotopic (exact) mass is 364 g/mol. The van der Waals surface area contributed by atoms with E-state index in [2.05, 4.69) is 36.8 Å². The Labute approximate surface area is 137 Å². The Kier molecular flexibility index (Phi) is 6.29. The van der Waals surface area contributed by atoms with Gasteiger partial charge in [-0.05, 0) is 36.8 Å². The van der Waals surface area contributed by atoms with Gasteiger partial charge in [-0.2, -0.15) is 0 Å². The van der Waals surface area contributed by atoms with Gasteiger partial charge in [0.2, 0.25) is 0 Å². The summed E-state index contributed by atoms with van der Waals surface area (Å²) >= 11 is 3.36. The van der Waals surface area contributed by atoms with E-state index >= 15 is 0 Å². The number of rotatable bonds is 7. The first-order valence-electron chi connectivity index (χ1n) is 6.82. The Hall–Kier alpha value is -1.99. The lowest BCUT2D eigenvalue weighted by Crippen LogP contribution is -2.15. The van der Waals surface area contributed by atoms with E-state index in [0.717, 1.165) is 17.4 Å². The van der Waals surface area contributed by atoms with Crippen LogP contribution in [0.3, 0.4) is 0 Å². The Morgan fingerprint density at radius 2 is 2.14 bits per heavy atom. The SMILES string of the molecule is COCCCNc1ccc(C(=O)Nc2cccc(Br)c2)nn1. The van der Waals surface area contributed by atoms with Crippen LogP contribution in [0.2, 0.25) is 0 Å². The molecule has 0 saturated heterocycles. The maximum Gasteiger partial charge on any atom is 0.276 e.